The second-order valence-electron chi connectivity index (χ2n) is 2.79. The molecule has 3 heteroatoms. The van der Waals surface area contributed by atoms with E-state index >= 15 is 0 Å². The topological polar surface area (TPSA) is 33.1 Å². The Morgan fingerprint density at radius 1 is 1.33 bits per heavy atom. The normalized spacial score (nSPS) is 11.3. The molecule has 0 aliphatic carbocycles. The van der Waals surface area contributed by atoms with E-state index in [-0.39, 0.29) is 0 Å². The quantitative estimate of drug-likeness (QED) is 0.530. The van der Waals surface area contributed by atoms with Crippen molar-refractivity contribution in [2.45, 2.75) is 0 Å². The number of hydrogen-bond donors (Lipinski definition) is 1. The van der Waals surface area contributed by atoms with Gasteiger partial charge >= 0.3 is 0 Å². The van der Waals surface area contributed by atoms with Gasteiger partial charge in [-0.25, -0.2) is 4.52 Å². The molecule has 3 nitrogen and oxygen atoms in total. The second kappa shape index (κ2) is 1.88. The summed E-state index contributed by atoms with van der Waals surface area (Å²) in [7, 11) is 0. The zero-order valence-electron chi connectivity index (χ0n) is 6.36. The maximum atomic E-state index is 4.24. The summed E-state index contributed by atoms with van der Waals surface area (Å²) in [5, 5.41) is 5.39. The fourth-order valence-corrected chi connectivity index (χ4v) is 1.51. The number of H-pyrrole nitrogens is 1. The molecular formula is C9H7N3. The molecule has 0 amide bonds. The Balaban J connectivity index is 2.71. The molecule has 0 spiro atoms. The van der Waals surface area contributed by atoms with Crippen LogP contribution in [-0.2, 0) is 0 Å². The molecule has 58 valence electrons. The van der Waals surface area contributed by atoms with Crippen LogP contribution < -0.4 is 0 Å². The van der Waals surface area contributed by atoms with Crippen LogP contribution in [0.25, 0.3) is 16.4 Å². The predicted molar refractivity (Wildman–Crippen MR) is 47.0 cm³/mol. The van der Waals surface area contributed by atoms with E-state index in [0.717, 1.165) is 16.4 Å². The van der Waals surface area contributed by atoms with Crippen molar-refractivity contribution in [1.29, 1.82) is 0 Å². The lowest BCUT2D eigenvalue weighted by Crippen LogP contribution is -1.87. The van der Waals surface area contributed by atoms with Gasteiger partial charge in [0.15, 0.2) is 0 Å². The molecule has 0 saturated heterocycles. The lowest BCUT2D eigenvalue weighted by atomic mass is 10.3. The molecular weight excluding hydrogens is 150 g/mol. The smallest absolute Gasteiger partial charge is 0.0887 e. The molecule has 0 bridgehead atoms. The first-order valence-electron chi connectivity index (χ1n) is 3.84. The van der Waals surface area contributed by atoms with Crippen molar-refractivity contribution < 1.29 is 0 Å². The molecule has 0 aliphatic rings. The molecule has 3 aromatic rings. The highest BCUT2D eigenvalue weighted by Gasteiger charge is 1.99. The highest BCUT2D eigenvalue weighted by molar-refractivity contribution is 5.91. The summed E-state index contributed by atoms with van der Waals surface area (Å²) in [6, 6.07) is 6.06. The Labute approximate surface area is 68.6 Å². The van der Waals surface area contributed by atoms with Crippen molar-refractivity contribution in [3.05, 3.63) is 36.8 Å². The number of aromatic amines is 1. The standard InChI is InChI=1S/C9H7N3/c1-2-8-9-7(3-4-10-9)6-11-12(8)5-1/h1-6,10H. The zero-order chi connectivity index (χ0) is 7.97. The third kappa shape index (κ3) is 0.580. The molecule has 0 fully saturated rings. The lowest BCUT2D eigenvalue weighted by Gasteiger charge is -1.93. The van der Waals surface area contributed by atoms with Crippen molar-refractivity contribution in [3.8, 4) is 0 Å². The number of aromatic nitrogens is 3. The van der Waals surface area contributed by atoms with Gasteiger partial charge in [-0.05, 0) is 18.2 Å². The fourth-order valence-electron chi connectivity index (χ4n) is 1.51. The maximum absolute atomic E-state index is 4.24. The number of nitrogens with one attached hydrogen (secondary N) is 1. The molecule has 0 saturated carbocycles. The Bertz CT molecular complexity index is 483. The van der Waals surface area contributed by atoms with Crippen LogP contribution in [0.4, 0.5) is 0 Å². The summed E-state index contributed by atoms with van der Waals surface area (Å²) in [5.41, 5.74) is 2.27. The summed E-state index contributed by atoms with van der Waals surface area (Å²) in [6.07, 6.45) is 5.73. The first-order valence-corrected chi connectivity index (χ1v) is 3.84. The van der Waals surface area contributed by atoms with Gasteiger partial charge in [0.2, 0.25) is 0 Å². The van der Waals surface area contributed by atoms with Crippen LogP contribution in [0.1, 0.15) is 0 Å². The molecule has 3 rings (SSSR count). The van der Waals surface area contributed by atoms with E-state index in [1.165, 1.54) is 0 Å². The van der Waals surface area contributed by atoms with Crippen molar-refractivity contribution in [2.24, 2.45) is 0 Å². The lowest BCUT2D eigenvalue weighted by molar-refractivity contribution is 0.952. The number of fused-ring (bicyclic) bond motifs is 3. The summed E-state index contributed by atoms with van der Waals surface area (Å²) >= 11 is 0. The highest BCUT2D eigenvalue weighted by atomic mass is 15.2. The van der Waals surface area contributed by atoms with Crippen molar-refractivity contribution in [1.82, 2.24) is 14.6 Å². The van der Waals surface area contributed by atoms with Crippen molar-refractivity contribution in [3.63, 3.8) is 0 Å². The van der Waals surface area contributed by atoms with E-state index in [1.54, 1.807) is 0 Å². The Kier molecular flexibility index (Phi) is 0.913. The highest BCUT2D eigenvalue weighted by Crippen LogP contribution is 2.16. The van der Waals surface area contributed by atoms with Gasteiger partial charge < -0.3 is 4.98 Å². The fraction of sp³-hybridized carbons (Fsp3) is 0. The average Bonchev–Trinajstić information content (AvgIpc) is 2.71. The minimum absolute atomic E-state index is 1.12. The van der Waals surface area contributed by atoms with E-state index in [1.807, 2.05) is 41.3 Å². The van der Waals surface area contributed by atoms with Gasteiger partial charge in [0, 0.05) is 17.8 Å². The summed E-state index contributed by atoms with van der Waals surface area (Å²) in [5.74, 6) is 0. The molecule has 0 radical (unpaired) electrons. The number of hydrogen-bond acceptors (Lipinski definition) is 1. The second-order valence-corrected chi connectivity index (χ2v) is 2.79. The minimum Gasteiger partial charge on any atom is -0.359 e. The van der Waals surface area contributed by atoms with Gasteiger partial charge in [-0.15, -0.1) is 0 Å². The van der Waals surface area contributed by atoms with Crippen LogP contribution in [-0.4, -0.2) is 14.6 Å². The van der Waals surface area contributed by atoms with Crippen LogP contribution in [0.15, 0.2) is 36.8 Å². The molecule has 3 heterocycles. The molecule has 0 aliphatic heterocycles. The molecule has 3 aromatic heterocycles. The SMILES string of the molecule is c1cc2c3[nH]ccc3cnn2c1. The van der Waals surface area contributed by atoms with Gasteiger partial charge in [0.25, 0.3) is 0 Å². The van der Waals surface area contributed by atoms with Gasteiger partial charge in [-0.1, -0.05) is 0 Å². The summed E-state index contributed by atoms with van der Waals surface area (Å²) in [6.45, 7) is 0. The number of rotatable bonds is 0. The van der Waals surface area contributed by atoms with E-state index < -0.39 is 0 Å². The number of nitrogens with zero attached hydrogens (tertiary/aromatic N) is 2. The summed E-state index contributed by atoms with van der Waals surface area (Å²) in [4.78, 5) is 3.19. The van der Waals surface area contributed by atoms with Gasteiger partial charge in [0.05, 0.1) is 17.2 Å². The molecule has 0 atom stereocenters. The summed E-state index contributed by atoms with van der Waals surface area (Å²) < 4.78 is 1.86. The van der Waals surface area contributed by atoms with E-state index in [9.17, 15) is 0 Å². The van der Waals surface area contributed by atoms with Crippen LogP contribution in [0.3, 0.4) is 0 Å². The first-order chi connectivity index (χ1) is 5.95. The molecule has 0 unspecified atom stereocenters. The Morgan fingerprint density at radius 2 is 2.33 bits per heavy atom. The third-order valence-corrected chi connectivity index (χ3v) is 2.08. The third-order valence-electron chi connectivity index (χ3n) is 2.08. The van der Waals surface area contributed by atoms with Crippen LogP contribution in [0.2, 0.25) is 0 Å². The zero-order valence-corrected chi connectivity index (χ0v) is 6.36. The van der Waals surface area contributed by atoms with Crippen LogP contribution in [0.5, 0.6) is 0 Å². The maximum Gasteiger partial charge on any atom is 0.0887 e. The molecule has 12 heavy (non-hydrogen) atoms. The van der Waals surface area contributed by atoms with Gasteiger partial charge in [-0.2, -0.15) is 5.10 Å². The van der Waals surface area contributed by atoms with Crippen molar-refractivity contribution >= 4 is 16.4 Å². The van der Waals surface area contributed by atoms with E-state index in [0.29, 0.717) is 0 Å². The Morgan fingerprint density at radius 3 is 3.33 bits per heavy atom. The predicted octanol–water partition coefficient (Wildman–Crippen LogP) is 1.82. The van der Waals surface area contributed by atoms with E-state index in [2.05, 4.69) is 10.1 Å². The monoisotopic (exact) mass is 157 g/mol. The van der Waals surface area contributed by atoms with Gasteiger partial charge in [0.1, 0.15) is 0 Å². The molecule has 1 N–H and O–H groups in total. The average molecular weight is 157 g/mol. The van der Waals surface area contributed by atoms with Crippen molar-refractivity contribution in [2.75, 3.05) is 0 Å². The Hall–Kier alpha value is -1.77. The van der Waals surface area contributed by atoms with Crippen LogP contribution in [0, 0.1) is 0 Å². The molecule has 0 aromatic carbocycles. The van der Waals surface area contributed by atoms with Crippen LogP contribution >= 0.6 is 0 Å². The van der Waals surface area contributed by atoms with Gasteiger partial charge in [-0.3, -0.25) is 0 Å². The first kappa shape index (κ1) is 5.83. The minimum atomic E-state index is 1.12. The van der Waals surface area contributed by atoms with E-state index in [4.69, 9.17) is 0 Å². The largest absolute Gasteiger partial charge is 0.359 e.